The summed E-state index contributed by atoms with van der Waals surface area (Å²) in [6.07, 6.45) is -4.45. The number of hydrogen-bond donors (Lipinski definition) is 0. The Kier molecular flexibility index (Phi) is 5.18. The van der Waals surface area contributed by atoms with Crippen LogP contribution >= 0.6 is 0 Å². The van der Waals surface area contributed by atoms with Crippen molar-refractivity contribution in [1.82, 2.24) is 0 Å². The van der Waals surface area contributed by atoms with Crippen LogP contribution in [0.15, 0.2) is 127 Å². The van der Waals surface area contributed by atoms with Gasteiger partial charge in [-0.3, -0.25) is 0 Å². The molecule has 0 amide bonds. The van der Waals surface area contributed by atoms with Gasteiger partial charge in [0.2, 0.25) is 0 Å². The van der Waals surface area contributed by atoms with Gasteiger partial charge in [0, 0.05) is 0 Å². The van der Waals surface area contributed by atoms with Crippen LogP contribution in [0.25, 0.3) is 11.1 Å². The Balaban J connectivity index is 1.68. The summed E-state index contributed by atoms with van der Waals surface area (Å²) in [5, 5.41) is 0. The fourth-order valence-electron chi connectivity index (χ4n) is 5.33. The van der Waals surface area contributed by atoms with Gasteiger partial charge in [-0.15, -0.1) is 0 Å². The minimum Gasteiger partial charge on any atom is -0.457 e. The summed E-state index contributed by atoms with van der Waals surface area (Å²) in [6.45, 7) is 0. The Morgan fingerprint density at radius 2 is 1.00 bits per heavy atom. The summed E-state index contributed by atoms with van der Waals surface area (Å²) in [4.78, 5) is 0. The van der Waals surface area contributed by atoms with Crippen LogP contribution < -0.4 is 4.74 Å². The minimum atomic E-state index is -4.45. The Labute approximate surface area is 207 Å². The maximum atomic E-state index is 13.9. The lowest BCUT2D eigenvalue weighted by Gasteiger charge is -2.34. The molecule has 36 heavy (non-hydrogen) atoms. The molecular weight excluding hydrogens is 457 g/mol. The third-order valence-electron chi connectivity index (χ3n) is 6.83. The van der Waals surface area contributed by atoms with E-state index in [-0.39, 0.29) is 0 Å². The zero-order chi connectivity index (χ0) is 24.8. The first-order valence-corrected chi connectivity index (χ1v) is 11.7. The number of fused-ring (bicyclic) bond motifs is 3. The Morgan fingerprint density at radius 1 is 0.500 bits per heavy atom. The van der Waals surface area contributed by atoms with Crippen LogP contribution in [0.3, 0.4) is 0 Å². The second-order valence-corrected chi connectivity index (χ2v) is 8.86. The third kappa shape index (κ3) is 3.49. The molecule has 6 rings (SSSR count). The van der Waals surface area contributed by atoms with Crippen molar-refractivity contribution < 1.29 is 17.9 Å². The van der Waals surface area contributed by atoms with Gasteiger partial charge in [0.25, 0.3) is 0 Å². The van der Waals surface area contributed by atoms with Crippen molar-refractivity contribution in [2.45, 2.75) is 11.6 Å². The van der Waals surface area contributed by atoms with Crippen molar-refractivity contribution in [3.05, 3.63) is 155 Å². The number of rotatable bonds is 4. The quantitative estimate of drug-likeness (QED) is 0.246. The van der Waals surface area contributed by atoms with Crippen molar-refractivity contribution in [3.63, 3.8) is 0 Å². The van der Waals surface area contributed by atoms with E-state index in [0.29, 0.717) is 17.1 Å². The molecule has 0 bridgehead atoms. The average Bonchev–Trinajstić information content (AvgIpc) is 3.20. The maximum Gasteiger partial charge on any atom is 0.416 e. The van der Waals surface area contributed by atoms with E-state index in [1.54, 1.807) is 6.07 Å². The molecule has 1 nitrogen and oxygen atoms in total. The number of alkyl halides is 3. The normalized spacial score (nSPS) is 13.6. The molecule has 0 N–H and O–H groups in total. The second-order valence-electron chi connectivity index (χ2n) is 8.86. The molecule has 0 heterocycles. The van der Waals surface area contributed by atoms with Crippen LogP contribution in [0.2, 0.25) is 0 Å². The number of hydrogen-bond acceptors (Lipinski definition) is 1. The number of ether oxygens (including phenoxy) is 1. The van der Waals surface area contributed by atoms with Crippen molar-refractivity contribution in [2.24, 2.45) is 0 Å². The largest absolute Gasteiger partial charge is 0.457 e. The van der Waals surface area contributed by atoms with E-state index in [9.17, 15) is 13.2 Å². The number of halogens is 3. The van der Waals surface area contributed by atoms with E-state index in [1.165, 1.54) is 12.1 Å². The Bertz CT molecular complexity index is 1490. The molecule has 0 aliphatic heterocycles. The molecule has 1 aliphatic carbocycles. The van der Waals surface area contributed by atoms with Crippen LogP contribution in [0.4, 0.5) is 13.2 Å². The lowest BCUT2D eigenvalue weighted by atomic mass is 9.67. The molecule has 1 aliphatic rings. The highest BCUT2D eigenvalue weighted by Crippen LogP contribution is 2.57. The SMILES string of the molecule is FC(F)(F)c1ccc2c(c1)C(c1ccccc1)(c1ccccc1)c1cc(Oc3ccccc3)ccc1-2. The predicted octanol–water partition coefficient (Wildman–Crippen LogP) is 8.86. The van der Waals surface area contributed by atoms with E-state index < -0.39 is 17.2 Å². The summed E-state index contributed by atoms with van der Waals surface area (Å²) in [5.41, 5.74) is 3.38. The zero-order valence-electron chi connectivity index (χ0n) is 19.2. The van der Waals surface area contributed by atoms with E-state index in [4.69, 9.17) is 4.74 Å². The van der Waals surface area contributed by atoms with Gasteiger partial charge in [-0.2, -0.15) is 13.2 Å². The highest BCUT2D eigenvalue weighted by atomic mass is 19.4. The van der Waals surface area contributed by atoms with Gasteiger partial charge in [-0.05, 0) is 69.8 Å². The van der Waals surface area contributed by atoms with Crippen LogP contribution in [0.5, 0.6) is 11.5 Å². The minimum absolute atomic E-state index is 0.613. The summed E-state index contributed by atoms with van der Waals surface area (Å²) < 4.78 is 48.0. The summed E-state index contributed by atoms with van der Waals surface area (Å²) in [7, 11) is 0. The fourth-order valence-corrected chi connectivity index (χ4v) is 5.33. The Morgan fingerprint density at radius 3 is 1.56 bits per heavy atom. The first-order chi connectivity index (χ1) is 17.5. The summed E-state index contributed by atoms with van der Waals surface area (Å²) >= 11 is 0. The summed E-state index contributed by atoms with van der Waals surface area (Å²) in [5.74, 6) is 1.32. The van der Waals surface area contributed by atoms with Gasteiger partial charge in [-0.1, -0.05) is 91.0 Å². The lowest BCUT2D eigenvalue weighted by Crippen LogP contribution is -2.29. The highest BCUT2D eigenvalue weighted by Gasteiger charge is 2.47. The first-order valence-electron chi connectivity index (χ1n) is 11.7. The second kappa shape index (κ2) is 8.42. The van der Waals surface area contributed by atoms with Gasteiger partial charge < -0.3 is 4.74 Å². The van der Waals surface area contributed by atoms with E-state index >= 15 is 0 Å². The molecule has 176 valence electrons. The fraction of sp³-hybridized carbons (Fsp3) is 0.0625. The number of benzene rings is 5. The van der Waals surface area contributed by atoms with Crippen molar-refractivity contribution in [3.8, 4) is 22.6 Å². The molecule has 4 heteroatoms. The van der Waals surface area contributed by atoms with E-state index in [1.807, 2.05) is 109 Å². The number of para-hydroxylation sites is 1. The van der Waals surface area contributed by atoms with Crippen molar-refractivity contribution in [1.29, 1.82) is 0 Å². The molecule has 5 aromatic rings. The third-order valence-corrected chi connectivity index (χ3v) is 6.83. The van der Waals surface area contributed by atoms with Gasteiger partial charge >= 0.3 is 6.18 Å². The van der Waals surface area contributed by atoms with Gasteiger partial charge in [0.1, 0.15) is 11.5 Å². The molecule has 0 spiro atoms. The predicted molar refractivity (Wildman–Crippen MR) is 135 cm³/mol. The molecule has 0 saturated heterocycles. The lowest BCUT2D eigenvalue weighted by molar-refractivity contribution is -0.137. The molecule has 0 fully saturated rings. The average molecular weight is 479 g/mol. The van der Waals surface area contributed by atoms with E-state index in [0.717, 1.165) is 27.8 Å². The van der Waals surface area contributed by atoms with Gasteiger partial charge in [0.15, 0.2) is 0 Å². The van der Waals surface area contributed by atoms with Crippen LogP contribution in [-0.2, 0) is 11.6 Å². The molecule has 5 aromatic carbocycles. The van der Waals surface area contributed by atoms with Crippen molar-refractivity contribution >= 4 is 0 Å². The zero-order valence-corrected chi connectivity index (χ0v) is 19.2. The monoisotopic (exact) mass is 478 g/mol. The molecular formula is C32H21F3O. The summed E-state index contributed by atoms with van der Waals surface area (Å²) in [6, 6.07) is 38.8. The van der Waals surface area contributed by atoms with Gasteiger partial charge in [0.05, 0.1) is 11.0 Å². The smallest absolute Gasteiger partial charge is 0.416 e. The molecule has 0 radical (unpaired) electrons. The standard InChI is InChI=1S/C32H21F3O/c33-32(34,35)24-16-18-27-28-19-17-26(36-25-14-8-3-9-15-25)21-30(28)31(29(27)20-24,22-10-4-1-5-11-22)23-12-6-2-7-13-23/h1-21H. The van der Waals surface area contributed by atoms with E-state index in [2.05, 4.69) is 0 Å². The topological polar surface area (TPSA) is 9.23 Å². The maximum absolute atomic E-state index is 13.9. The highest BCUT2D eigenvalue weighted by molar-refractivity contribution is 5.87. The van der Waals surface area contributed by atoms with Crippen molar-refractivity contribution in [2.75, 3.05) is 0 Å². The molecule has 0 unspecified atom stereocenters. The van der Waals surface area contributed by atoms with Crippen LogP contribution in [0.1, 0.15) is 27.8 Å². The Hall–Kier alpha value is -4.31. The first kappa shape index (κ1) is 22.2. The molecule has 0 aromatic heterocycles. The van der Waals surface area contributed by atoms with Crippen LogP contribution in [0, 0.1) is 0 Å². The molecule has 0 atom stereocenters. The van der Waals surface area contributed by atoms with Crippen LogP contribution in [-0.4, -0.2) is 0 Å². The molecule has 0 saturated carbocycles. The van der Waals surface area contributed by atoms with Gasteiger partial charge in [-0.25, -0.2) is 0 Å².